The summed E-state index contributed by atoms with van der Waals surface area (Å²) in [5.74, 6) is 0.688. The van der Waals surface area contributed by atoms with Crippen LogP contribution >= 0.6 is 0 Å². The van der Waals surface area contributed by atoms with E-state index in [4.69, 9.17) is 0 Å². The maximum Gasteiger partial charge on any atom is 0.0149 e. The third-order valence-electron chi connectivity index (χ3n) is 3.81. The van der Waals surface area contributed by atoms with Crippen molar-refractivity contribution in [3.8, 4) is 0 Å². The Bertz CT molecular complexity index is 521. The molecule has 0 heteroatoms. The maximum absolute atomic E-state index is 2.32. The number of benzene rings is 2. The van der Waals surface area contributed by atoms with E-state index in [1.807, 2.05) is 0 Å². The van der Waals surface area contributed by atoms with Gasteiger partial charge in [0.1, 0.15) is 0 Å². The van der Waals surface area contributed by atoms with Crippen molar-refractivity contribution >= 4 is 0 Å². The highest BCUT2D eigenvalue weighted by Crippen LogP contribution is 2.34. The van der Waals surface area contributed by atoms with Gasteiger partial charge in [-0.05, 0) is 29.0 Å². The molecule has 0 atom stereocenters. The summed E-state index contributed by atoms with van der Waals surface area (Å²) in [6, 6.07) is 19.7. The first-order valence-corrected chi connectivity index (χ1v) is 7.15. The first kappa shape index (κ1) is 13.9. The molecule has 0 heterocycles. The molecule has 0 bridgehead atoms. The molecule has 0 fully saturated rings. The van der Waals surface area contributed by atoms with Crippen molar-refractivity contribution in [2.45, 2.75) is 39.5 Å². The smallest absolute Gasteiger partial charge is 0.0149 e. The van der Waals surface area contributed by atoms with Gasteiger partial charge in [-0.1, -0.05) is 82.3 Å². The van der Waals surface area contributed by atoms with E-state index in [1.54, 1.807) is 0 Å². The summed E-state index contributed by atoms with van der Waals surface area (Å²) in [5, 5.41) is 0. The fourth-order valence-electron chi connectivity index (χ4n) is 2.76. The van der Waals surface area contributed by atoms with Crippen molar-refractivity contribution in [3.63, 3.8) is 0 Å². The van der Waals surface area contributed by atoms with Gasteiger partial charge < -0.3 is 0 Å². The fraction of sp³-hybridized carbons (Fsp3) is 0.368. The van der Waals surface area contributed by atoms with Crippen LogP contribution < -0.4 is 0 Å². The Morgan fingerprint density at radius 1 is 0.842 bits per heavy atom. The van der Waals surface area contributed by atoms with Gasteiger partial charge in [0.05, 0.1) is 0 Å². The Morgan fingerprint density at radius 3 is 2.05 bits per heavy atom. The molecule has 2 aromatic carbocycles. The summed E-state index contributed by atoms with van der Waals surface area (Å²) in [5.41, 5.74) is 4.37. The Kier molecular flexibility index (Phi) is 4.09. The normalized spacial score (nSPS) is 11.8. The average Bonchev–Trinajstić information content (AvgIpc) is 2.39. The van der Waals surface area contributed by atoms with Gasteiger partial charge in [-0.25, -0.2) is 0 Å². The van der Waals surface area contributed by atoms with Crippen LogP contribution in [-0.2, 0) is 11.8 Å². The second-order valence-electron chi connectivity index (χ2n) is 6.25. The van der Waals surface area contributed by atoms with Crippen molar-refractivity contribution in [1.82, 2.24) is 0 Å². The average molecular weight is 252 g/mol. The van der Waals surface area contributed by atoms with E-state index in [2.05, 4.69) is 82.3 Å². The molecule has 0 saturated carbocycles. The van der Waals surface area contributed by atoms with Crippen LogP contribution in [0.15, 0.2) is 54.6 Å². The molecule has 0 unspecified atom stereocenters. The van der Waals surface area contributed by atoms with E-state index in [1.165, 1.54) is 16.7 Å². The van der Waals surface area contributed by atoms with Gasteiger partial charge in [-0.2, -0.15) is 0 Å². The molecule has 0 aliphatic heterocycles. The van der Waals surface area contributed by atoms with Crippen molar-refractivity contribution < 1.29 is 0 Å². The van der Waals surface area contributed by atoms with Crippen LogP contribution in [-0.4, -0.2) is 0 Å². The van der Waals surface area contributed by atoms with Crippen LogP contribution in [0.3, 0.4) is 0 Å². The first-order valence-electron chi connectivity index (χ1n) is 7.15. The highest BCUT2D eigenvalue weighted by molar-refractivity contribution is 5.42. The van der Waals surface area contributed by atoms with Gasteiger partial charge in [0.15, 0.2) is 0 Å². The minimum Gasteiger partial charge on any atom is -0.0625 e. The third kappa shape index (κ3) is 3.07. The Labute approximate surface area is 117 Å². The lowest BCUT2D eigenvalue weighted by Gasteiger charge is -2.29. The van der Waals surface area contributed by atoms with Crippen LogP contribution in [0.1, 0.15) is 44.4 Å². The predicted molar refractivity (Wildman–Crippen MR) is 83.6 cm³/mol. The molecule has 2 aromatic rings. The van der Waals surface area contributed by atoms with Crippen LogP contribution in [0.25, 0.3) is 0 Å². The van der Waals surface area contributed by atoms with E-state index in [0.717, 1.165) is 6.42 Å². The van der Waals surface area contributed by atoms with Gasteiger partial charge in [0.2, 0.25) is 0 Å². The Balaban J connectivity index is 2.46. The SMILES string of the molecule is CC(C)Cc1ccccc1C(C)(C)c1ccccc1. The van der Waals surface area contributed by atoms with E-state index in [9.17, 15) is 0 Å². The molecular formula is C19H24. The van der Waals surface area contributed by atoms with Gasteiger partial charge in [0.25, 0.3) is 0 Å². The zero-order valence-electron chi connectivity index (χ0n) is 12.5. The highest BCUT2D eigenvalue weighted by Gasteiger charge is 2.25. The molecule has 0 N–H and O–H groups in total. The molecule has 2 rings (SSSR count). The lowest BCUT2D eigenvalue weighted by molar-refractivity contribution is 0.599. The molecule has 100 valence electrons. The molecular weight excluding hydrogens is 228 g/mol. The minimum atomic E-state index is 0.0622. The lowest BCUT2D eigenvalue weighted by atomic mass is 9.75. The first-order chi connectivity index (χ1) is 9.01. The maximum atomic E-state index is 2.32. The molecule has 0 aliphatic rings. The quantitative estimate of drug-likeness (QED) is 0.700. The summed E-state index contributed by atoms with van der Waals surface area (Å²) in [7, 11) is 0. The Hall–Kier alpha value is -1.56. The number of rotatable bonds is 4. The fourth-order valence-corrected chi connectivity index (χ4v) is 2.76. The summed E-state index contributed by atoms with van der Waals surface area (Å²) in [6.07, 6.45) is 1.15. The summed E-state index contributed by atoms with van der Waals surface area (Å²) < 4.78 is 0. The van der Waals surface area contributed by atoms with Crippen molar-refractivity contribution in [3.05, 3.63) is 71.3 Å². The molecule has 0 amide bonds. The molecule has 0 aromatic heterocycles. The van der Waals surface area contributed by atoms with E-state index < -0.39 is 0 Å². The van der Waals surface area contributed by atoms with E-state index in [-0.39, 0.29) is 5.41 Å². The summed E-state index contributed by atoms with van der Waals surface area (Å²) >= 11 is 0. The number of hydrogen-bond donors (Lipinski definition) is 0. The summed E-state index contributed by atoms with van der Waals surface area (Å²) in [6.45, 7) is 9.21. The van der Waals surface area contributed by atoms with Crippen molar-refractivity contribution in [2.75, 3.05) is 0 Å². The Morgan fingerprint density at radius 2 is 1.42 bits per heavy atom. The molecule has 0 aliphatic carbocycles. The minimum absolute atomic E-state index is 0.0622. The van der Waals surface area contributed by atoms with Crippen molar-refractivity contribution in [2.24, 2.45) is 5.92 Å². The topological polar surface area (TPSA) is 0 Å². The summed E-state index contributed by atoms with van der Waals surface area (Å²) in [4.78, 5) is 0. The molecule has 19 heavy (non-hydrogen) atoms. The van der Waals surface area contributed by atoms with Gasteiger partial charge in [-0.15, -0.1) is 0 Å². The standard InChI is InChI=1S/C19H24/c1-15(2)14-16-10-8-9-13-18(16)19(3,4)17-11-6-5-7-12-17/h5-13,15H,14H2,1-4H3. The van der Waals surface area contributed by atoms with Gasteiger partial charge in [-0.3, -0.25) is 0 Å². The molecule has 0 nitrogen and oxygen atoms in total. The lowest BCUT2D eigenvalue weighted by Crippen LogP contribution is -2.21. The van der Waals surface area contributed by atoms with E-state index in [0.29, 0.717) is 5.92 Å². The van der Waals surface area contributed by atoms with Crippen LogP contribution in [0.2, 0.25) is 0 Å². The van der Waals surface area contributed by atoms with Gasteiger partial charge >= 0.3 is 0 Å². The second-order valence-corrected chi connectivity index (χ2v) is 6.25. The molecule has 0 radical (unpaired) electrons. The largest absolute Gasteiger partial charge is 0.0625 e. The van der Waals surface area contributed by atoms with Crippen LogP contribution in [0, 0.1) is 5.92 Å². The van der Waals surface area contributed by atoms with Gasteiger partial charge in [0, 0.05) is 5.41 Å². The monoisotopic (exact) mass is 252 g/mol. The van der Waals surface area contributed by atoms with Crippen LogP contribution in [0.4, 0.5) is 0 Å². The second kappa shape index (κ2) is 5.61. The zero-order chi connectivity index (χ0) is 13.9. The third-order valence-corrected chi connectivity index (χ3v) is 3.81. The highest BCUT2D eigenvalue weighted by atomic mass is 14.3. The van der Waals surface area contributed by atoms with Crippen molar-refractivity contribution in [1.29, 1.82) is 0 Å². The molecule has 0 saturated heterocycles. The zero-order valence-corrected chi connectivity index (χ0v) is 12.5. The number of hydrogen-bond acceptors (Lipinski definition) is 0. The van der Waals surface area contributed by atoms with E-state index >= 15 is 0 Å². The van der Waals surface area contributed by atoms with Crippen LogP contribution in [0.5, 0.6) is 0 Å². The predicted octanol–water partition coefficient (Wildman–Crippen LogP) is 5.21. The molecule has 0 spiro atoms.